The summed E-state index contributed by atoms with van der Waals surface area (Å²) in [5.74, 6) is 1.42. The summed E-state index contributed by atoms with van der Waals surface area (Å²) < 4.78 is 0. The quantitative estimate of drug-likeness (QED) is 0.346. The van der Waals surface area contributed by atoms with E-state index in [9.17, 15) is 10.0 Å². The molecule has 3 unspecified atom stereocenters. The summed E-state index contributed by atoms with van der Waals surface area (Å²) in [7, 11) is 0. The molecule has 5 N–H and O–H groups in total. The molecule has 4 fully saturated rings. The van der Waals surface area contributed by atoms with E-state index in [1.807, 2.05) is 6.92 Å². The van der Waals surface area contributed by atoms with E-state index in [1.165, 1.54) is 12.8 Å². The number of nitrogens with zero attached hydrogens (tertiary/aromatic N) is 1. The third kappa shape index (κ3) is 3.27. The van der Waals surface area contributed by atoms with Gasteiger partial charge < -0.3 is 16.6 Å². The average molecular weight is 448 g/mol. The first-order chi connectivity index (χ1) is 15.0. The van der Waals surface area contributed by atoms with Crippen LogP contribution < -0.4 is 11.5 Å². The van der Waals surface area contributed by atoms with Crippen LogP contribution in [0, 0.1) is 33.5 Å². The average Bonchev–Trinajstić information content (AvgIpc) is 3.05. The first-order valence-electron chi connectivity index (χ1n) is 13.6. The smallest absolute Gasteiger partial charge is 0.118 e. The van der Waals surface area contributed by atoms with Crippen LogP contribution in [-0.4, -0.2) is 27.8 Å². The maximum Gasteiger partial charge on any atom is 0.118 e. The topological polar surface area (TPSA) is 102 Å². The fourth-order valence-electron chi connectivity index (χ4n) is 9.65. The molecule has 0 aromatic rings. The van der Waals surface area contributed by atoms with Crippen molar-refractivity contribution in [2.75, 3.05) is 0 Å². The lowest BCUT2D eigenvalue weighted by atomic mass is 9.40. The van der Waals surface area contributed by atoms with Gasteiger partial charge >= 0.3 is 0 Å². The molecule has 5 heteroatoms. The second kappa shape index (κ2) is 8.30. The molecule has 0 heterocycles. The summed E-state index contributed by atoms with van der Waals surface area (Å²) in [4.78, 5) is 12.3. The molecule has 4 rings (SSSR count). The zero-order valence-corrected chi connectivity index (χ0v) is 21.2. The number of aliphatic hydroxyl groups excluding tert-OH is 1. The highest BCUT2D eigenvalue weighted by Crippen LogP contribution is 2.70. The van der Waals surface area contributed by atoms with Crippen molar-refractivity contribution in [2.45, 2.75) is 140 Å². The molecule has 0 spiro atoms. The van der Waals surface area contributed by atoms with Gasteiger partial charge in [0.05, 0.1) is 6.10 Å². The van der Waals surface area contributed by atoms with E-state index in [0.29, 0.717) is 17.8 Å². The van der Waals surface area contributed by atoms with Gasteiger partial charge in [0.2, 0.25) is 0 Å². The molecule has 0 radical (unpaired) electrons. The normalized spacial score (nSPS) is 50.1. The van der Waals surface area contributed by atoms with Crippen LogP contribution in [-0.2, 0) is 0 Å². The summed E-state index contributed by atoms with van der Waals surface area (Å²) in [6.45, 7) is 9.07. The number of hydrogen-bond donors (Lipinski definition) is 3. The van der Waals surface area contributed by atoms with Gasteiger partial charge in [0, 0.05) is 11.1 Å². The van der Waals surface area contributed by atoms with E-state index in [4.69, 9.17) is 11.5 Å². The minimum Gasteiger partial charge on any atom is -0.393 e. The first kappa shape index (κ1) is 24.6. The highest BCUT2D eigenvalue weighted by Gasteiger charge is 2.72. The standard InChI is InChI=1S/C27H49N3O2/c1-5-6-7-8-13-25(4,30-32)27(29)17-12-22-24(27,3)15-11-21-23(2)14-10-20(31)18-19(23)9-16-26(21,22)28/h19-22,31H,5-18,28-29H2,1-4H3/t19?,20-,21?,22?,23-,24-,25-,26-,27+/m0/s1. The van der Waals surface area contributed by atoms with Gasteiger partial charge in [-0.05, 0) is 99.7 Å². The fraction of sp³-hybridized carbons (Fsp3) is 1.00. The van der Waals surface area contributed by atoms with Crippen LogP contribution in [0.3, 0.4) is 0 Å². The van der Waals surface area contributed by atoms with Crippen molar-refractivity contribution >= 4 is 0 Å². The minimum atomic E-state index is -0.733. The van der Waals surface area contributed by atoms with Gasteiger partial charge in [-0.25, -0.2) is 0 Å². The number of fused-ring (bicyclic) bond motifs is 5. The van der Waals surface area contributed by atoms with Crippen LogP contribution in [0.5, 0.6) is 0 Å². The van der Waals surface area contributed by atoms with Crippen molar-refractivity contribution in [3.8, 4) is 0 Å². The van der Waals surface area contributed by atoms with Crippen molar-refractivity contribution < 1.29 is 5.11 Å². The van der Waals surface area contributed by atoms with Gasteiger partial charge in [-0.2, -0.15) is 4.91 Å². The van der Waals surface area contributed by atoms with Crippen LogP contribution in [0.25, 0.3) is 0 Å². The van der Waals surface area contributed by atoms with Gasteiger partial charge in [-0.3, -0.25) is 0 Å². The van der Waals surface area contributed by atoms with Crippen molar-refractivity contribution in [2.24, 2.45) is 45.2 Å². The van der Waals surface area contributed by atoms with Crippen LogP contribution in [0.2, 0.25) is 0 Å². The molecule has 9 atom stereocenters. The number of rotatable bonds is 7. The number of aliphatic hydroxyl groups is 1. The number of nitrogens with two attached hydrogens (primary N) is 2. The maximum absolute atomic E-state index is 12.3. The minimum absolute atomic E-state index is 0.137. The molecule has 32 heavy (non-hydrogen) atoms. The number of hydrogen-bond acceptors (Lipinski definition) is 5. The Balaban J connectivity index is 1.62. The predicted octanol–water partition coefficient (Wildman–Crippen LogP) is 5.66. The molecule has 184 valence electrons. The molecule has 0 bridgehead atoms. The van der Waals surface area contributed by atoms with Gasteiger partial charge in [-0.15, -0.1) is 0 Å². The largest absolute Gasteiger partial charge is 0.393 e. The van der Waals surface area contributed by atoms with E-state index in [2.05, 4.69) is 25.9 Å². The van der Waals surface area contributed by atoms with Crippen molar-refractivity contribution in [3.05, 3.63) is 4.91 Å². The Morgan fingerprint density at radius 2 is 1.69 bits per heavy atom. The third-order valence-electron chi connectivity index (χ3n) is 11.8. The van der Waals surface area contributed by atoms with E-state index in [1.54, 1.807) is 0 Å². The molecule has 0 amide bonds. The van der Waals surface area contributed by atoms with Crippen LogP contribution in [0.1, 0.15) is 118 Å². The van der Waals surface area contributed by atoms with Crippen LogP contribution in [0.4, 0.5) is 0 Å². The second-order valence-corrected chi connectivity index (χ2v) is 13.0. The predicted molar refractivity (Wildman–Crippen MR) is 131 cm³/mol. The molecule has 4 aliphatic carbocycles. The molecule has 0 aliphatic heterocycles. The Morgan fingerprint density at radius 1 is 0.969 bits per heavy atom. The second-order valence-electron chi connectivity index (χ2n) is 13.0. The van der Waals surface area contributed by atoms with Crippen molar-refractivity contribution in [1.29, 1.82) is 0 Å². The lowest BCUT2D eigenvalue weighted by molar-refractivity contribution is -0.145. The van der Waals surface area contributed by atoms with E-state index in [0.717, 1.165) is 77.0 Å². The molecule has 0 saturated heterocycles. The van der Waals surface area contributed by atoms with Gasteiger partial charge in [-0.1, -0.05) is 51.6 Å². The van der Waals surface area contributed by atoms with Crippen molar-refractivity contribution in [1.82, 2.24) is 0 Å². The molecular weight excluding hydrogens is 398 g/mol. The Morgan fingerprint density at radius 3 is 2.38 bits per heavy atom. The Bertz CT molecular complexity index is 717. The van der Waals surface area contributed by atoms with E-state index >= 15 is 0 Å². The van der Waals surface area contributed by atoms with Crippen LogP contribution in [0.15, 0.2) is 5.18 Å². The lowest BCUT2D eigenvalue weighted by Gasteiger charge is -2.67. The third-order valence-corrected chi connectivity index (χ3v) is 11.8. The molecule has 0 aromatic heterocycles. The zero-order valence-electron chi connectivity index (χ0n) is 21.2. The van der Waals surface area contributed by atoms with Crippen molar-refractivity contribution in [3.63, 3.8) is 0 Å². The molecule has 4 saturated carbocycles. The fourth-order valence-corrected chi connectivity index (χ4v) is 9.65. The Kier molecular flexibility index (Phi) is 6.38. The zero-order chi connectivity index (χ0) is 23.4. The SMILES string of the molecule is CCCCCC[C@](C)(N=O)[C@@]1(N)CCC2[C@]3(N)CCC4C[C@@H](O)CC[C@]4(C)C3CC[C@@]21C. The summed E-state index contributed by atoms with van der Waals surface area (Å²) in [6, 6.07) is 0. The Labute approximate surface area is 195 Å². The Hall–Kier alpha value is -0.520. The highest BCUT2D eigenvalue weighted by atomic mass is 16.3. The summed E-state index contributed by atoms with van der Waals surface area (Å²) in [5.41, 5.74) is 13.4. The molecular formula is C27H49N3O2. The molecule has 4 aliphatic rings. The van der Waals surface area contributed by atoms with E-state index < -0.39 is 11.1 Å². The summed E-state index contributed by atoms with van der Waals surface area (Å²) in [6.07, 6.45) is 14.3. The van der Waals surface area contributed by atoms with Gasteiger partial charge in [0.1, 0.15) is 5.54 Å². The number of nitroso groups, excluding NO2 is 1. The van der Waals surface area contributed by atoms with Gasteiger partial charge in [0.25, 0.3) is 0 Å². The monoisotopic (exact) mass is 447 g/mol. The summed E-state index contributed by atoms with van der Waals surface area (Å²) in [5, 5.41) is 14.1. The first-order valence-corrected chi connectivity index (χ1v) is 13.6. The van der Waals surface area contributed by atoms with E-state index in [-0.39, 0.29) is 22.5 Å². The van der Waals surface area contributed by atoms with Gasteiger partial charge in [0.15, 0.2) is 0 Å². The number of unbranched alkanes of at least 4 members (excludes halogenated alkanes) is 3. The molecule has 5 nitrogen and oxygen atoms in total. The highest BCUT2D eigenvalue weighted by molar-refractivity contribution is 5.27. The summed E-state index contributed by atoms with van der Waals surface area (Å²) >= 11 is 0. The maximum atomic E-state index is 12.3. The molecule has 0 aromatic carbocycles. The van der Waals surface area contributed by atoms with Crippen LogP contribution >= 0.6 is 0 Å². The lowest BCUT2D eigenvalue weighted by Crippen LogP contribution is -2.73.